The molecule has 1 aromatic heterocycles. The highest BCUT2D eigenvalue weighted by Gasteiger charge is 2.37. The Morgan fingerprint density at radius 2 is 0.857 bits per heavy atom. The van der Waals surface area contributed by atoms with Gasteiger partial charge in [-0.25, -0.2) is 0 Å². The van der Waals surface area contributed by atoms with Crippen molar-refractivity contribution in [3.63, 3.8) is 0 Å². The second kappa shape index (κ2) is 20.1. The van der Waals surface area contributed by atoms with Crippen LogP contribution in [0.15, 0.2) is 212 Å². The summed E-state index contributed by atoms with van der Waals surface area (Å²) < 4.78 is 2.28. The average molecular weight is 908 g/mol. The first-order valence-electron chi connectivity index (χ1n) is 25.0. The molecule has 0 aliphatic heterocycles. The molecule has 0 amide bonds. The molecule has 0 fully saturated rings. The van der Waals surface area contributed by atoms with E-state index in [1.54, 1.807) is 0 Å². The lowest BCUT2D eigenvalue weighted by Crippen LogP contribution is -2.15. The van der Waals surface area contributed by atoms with Crippen LogP contribution < -0.4 is 0 Å². The van der Waals surface area contributed by atoms with Gasteiger partial charge in [0.25, 0.3) is 0 Å². The number of hydrogen-bond donors (Lipinski definition) is 0. The molecule has 0 N–H and O–H groups in total. The van der Waals surface area contributed by atoms with E-state index in [4.69, 9.17) is 0 Å². The van der Waals surface area contributed by atoms with E-state index in [-0.39, 0.29) is 5.41 Å². The normalized spacial score (nSPS) is 12.0. The molecule has 0 bridgehead atoms. The molecular formula is C69H65N. The summed E-state index contributed by atoms with van der Waals surface area (Å²) in [7, 11) is 2.14. The van der Waals surface area contributed by atoms with Crippen molar-refractivity contribution >= 4 is 32.6 Å². The zero-order valence-electron chi connectivity index (χ0n) is 42.7. The minimum Gasteiger partial charge on any atom is -0.343 e. The topological polar surface area (TPSA) is 4.93 Å². The van der Waals surface area contributed by atoms with Crippen LogP contribution in [0.1, 0.15) is 66.6 Å². The highest BCUT2D eigenvalue weighted by molar-refractivity contribution is 6.10. The fourth-order valence-electron chi connectivity index (χ4n) is 10.7. The molecule has 10 aromatic carbocycles. The van der Waals surface area contributed by atoms with E-state index in [1.165, 1.54) is 127 Å². The van der Waals surface area contributed by atoms with E-state index in [0.29, 0.717) is 0 Å². The summed E-state index contributed by atoms with van der Waals surface area (Å²) in [6, 6.07) is 77.0. The third kappa shape index (κ3) is 8.89. The van der Waals surface area contributed by atoms with Crippen molar-refractivity contribution in [2.45, 2.75) is 67.7 Å². The lowest BCUT2D eigenvalue weighted by Gasteiger charge is -2.23. The monoisotopic (exact) mass is 908 g/mol. The van der Waals surface area contributed by atoms with Crippen molar-refractivity contribution in [3.8, 4) is 55.6 Å². The van der Waals surface area contributed by atoms with Gasteiger partial charge in [-0.2, -0.15) is 0 Å². The largest absolute Gasteiger partial charge is 0.343 e. The molecule has 1 aliphatic rings. The Hall–Kier alpha value is -7.74. The molecule has 1 nitrogen and oxygen atoms in total. The summed E-state index contributed by atoms with van der Waals surface area (Å²) >= 11 is 0. The van der Waals surface area contributed by atoms with Crippen molar-refractivity contribution in [1.29, 1.82) is 0 Å². The Labute approximate surface area is 416 Å². The zero-order valence-corrected chi connectivity index (χ0v) is 42.7. The van der Waals surface area contributed by atoms with Crippen molar-refractivity contribution in [3.05, 3.63) is 251 Å². The fraction of sp³-hybridized carbons (Fsp3) is 0.159. The number of aryl methyl sites for hydroxylation is 5. The third-order valence-corrected chi connectivity index (χ3v) is 14.5. The van der Waals surface area contributed by atoms with Gasteiger partial charge in [0.1, 0.15) is 0 Å². The molecule has 1 aliphatic carbocycles. The van der Waals surface area contributed by atoms with Crippen molar-refractivity contribution in [2.75, 3.05) is 0 Å². The first-order chi connectivity index (χ1) is 34.0. The second-order valence-electron chi connectivity index (χ2n) is 19.2. The van der Waals surface area contributed by atoms with Crippen LogP contribution in [0.4, 0.5) is 0 Å². The first-order valence-corrected chi connectivity index (χ1v) is 25.0. The van der Waals surface area contributed by atoms with Crippen LogP contribution in [0, 0.1) is 34.6 Å². The summed E-state index contributed by atoms with van der Waals surface area (Å²) in [5.41, 5.74) is 25.1. The summed E-state index contributed by atoms with van der Waals surface area (Å²) in [6.07, 6.45) is 0. The summed E-state index contributed by atoms with van der Waals surface area (Å²) in [6.45, 7) is 19.6. The minimum absolute atomic E-state index is 0.0607. The predicted octanol–water partition coefficient (Wildman–Crippen LogP) is 19.4. The van der Waals surface area contributed by atoms with E-state index >= 15 is 0 Å². The average Bonchev–Trinajstić information content (AvgIpc) is 3.82. The lowest BCUT2D eigenvalue weighted by atomic mass is 9.80. The van der Waals surface area contributed by atoms with Gasteiger partial charge in [-0.3, -0.25) is 0 Å². The van der Waals surface area contributed by atoms with Crippen molar-refractivity contribution < 1.29 is 0 Å². The van der Waals surface area contributed by atoms with Crippen LogP contribution in [-0.2, 0) is 12.5 Å². The Morgan fingerprint density at radius 3 is 1.53 bits per heavy atom. The number of para-hydroxylation sites is 2. The quantitative estimate of drug-likeness (QED) is 0.166. The molecule has 0 atom stereocenters. The van der Waals surface area contributed by atoms with E-state index in [9.17, 15) is 0 Å². The van der Waals surface area contributed by atoms with E-state index in [0.717, 1.165) is 0 Å². The van der Waals surface area contributed by atoms with Gasteiger partial charge in [-0.15, -0.1) is 0 Å². The van der Waals surface area contributed by atoms with Gasteiger partial charge in [0.15, 0.2) is 0 Å². The lowest BCUT2D eigenvalue weighted by molar-refractivity contribution is 0.660. The second-order valence-corrected chi connectivity index (χ2v) is 19.2. The molecule has 11 aromatic rings. The van der Waals surface area contributed by atoms with Crippen LogP contribution in [0.3, 0.4) is 0 Å². The highest BCUT2D eigenvalue weighted by Crippen LogP contribution is 2.53. The number of benzene rings is 10. The minimum atomic E-state index is -0.0607. The fourth-order valence-corrected chi connectivity index (χ4v) is 10.7. The number of hydrogen-bond acceptors (Lipinski definition) is 0. The predicted molar refractivity (Wildman–Crippen MR) is 305 cm³/mol. The highest BCUT2D eigenvalue weighted by atomic mass is 14.9. The van der Waals surface area contributed by atoms with Crippen molar-refractivity contribution in [2.24, 2.45) is 7.05 Å². The maximum atomic E-state index is 2.48. The van der Waals surface area contributed by atoms with Crippen LogP contribution in [0.25, 0.3) is 88.2 Å². The molecule has 1 heteroatoms. The van der Waals surface area contributed by atoms with Gasteiger partial charge >= 0.3 is 0 Å². The molecule has 346 valence electrons. The smallest absolute Gasteiger partial charge is 0.0518 e. The summed E-state index contributed by atoms with van der Waals surface area (Å²) in [4.78, 5) is 0. The van der Waals surface area contributed by atoms with Crippen molar-refractivity contribution in [1.82, 2.24) is 4.57 Å². The first kappa shape index (κ1) is 47.3. The van der Waals surface area contributed by atoms with Gasteiger partial charge in [-0.1, -0.05) is 215 Å². The summed E-state index contributed by atoms with van der Waals surface area (Å²) in [5.74, 6) is 0. The Kier molecular flexibility index (Phi) is 13.6. The third-order valence-electron chi connectivity index (χ3n) is 14.5. The van der Waals surface area contributed by atoms with Crippen LogP contribution in [-0.4, -0.2) is 4.57 Å². The van der Waals surface area contributed by atoms with Gasteiger partial charge < -0.3 is 4.57 Å². The van der Waals surface area contributed by atoms with E-state index in [2.05, 4.69) is 272 Å². The molecule has 0 radical (unpaired) electrons. The molecule has 70 heavy (non-hydrogen) atoms. The van der Waals surface area contributed by atoms with E-state index in [1.807, 2.05) is 13.8 Å². The van der Waals surface area contributed by atoms with Gasteiger partial charge in [0, 0.05) is 28.8 Å². The molecular weight excluding hydrogens is 843 g/mol. The van der Waals surface area contributed by atoms with Gasteiger partial charge in [0.05, 0.1) is 5.52 Å². The zero-order chi connectivity index (χ0) is 49.1. The molecule has 1 heterocycles. The van der Waals surface area contributed by atoms with Gasteiger partial charge in [-0.05, 0) is 165 Å². The van der Waals surface area contributed by atoms with E-state index < -0.39 is 0 Å². The molecule has 0 unspecified atom stereocenters. The number of fused-ring (bicyclic) bond motifs is 8. The molecule has 0 saturated carbocycles. The molecule has 0 spiro atoms. The maximum Gasteiger partial charge on any atom is 0.0518 e. The van der Waals surface area contributed by atoms with Crippen LogP contribution in [0.2, 0.25) is 0 Å². The van der Waals surface area contributed by atoms with Crippen LogP contribution in [0.5, 0.6) is 0 Å². The number of nitrogens with zero attached hydrogens (tertiary/aromatic N) is 1. The Morgan fingerprint density at radius 1 is 0.343 bits per heavy atom. The summed E-state index contributed by atoms with van der Waals surface area (Å²) in [5, 5.41) is 5.34. The standard InChI is InChI=1S/C38H30.C15H16.C14H13N.C2H6/c1-25-18-19-33-35(20-25)38(2,3)36-24-34(31-16-10-11-17-32(31)37(33)36)30-22-28(26-12-6-4-7-13-26)21-29(23-30)27-14-8-5-9-15-27;1-11-8-6-10-15(13(11)3)14-9-5-4-7-12(14)2;1-10-6-5-8-12-11-7-3-4-9-13(11)15(2)14(10)12;1-2/h4-24H,1-3H3;4-10H,1-3H3;3-9H,1-2H3;1-2H3. The Bertz CT molecular complexity index is 3580. The number of aromatic nitrogens is 1. The van der Waals surface area contributed by atoms with Crippen LogP contribution >= 0.6 is 0 Å². The SMILES string of the molecule is CC.Cc1ccc2c(c1)C(C)(C)c1cc(-c3cc(-c4ccccc4)cc(-c4ccccc4)c3)c3ccccc3c1-2.Cc1cccc2c3ccccc3n(C)c12.Cc1ccccc1-c1cccc(C)c1C. The molecule has 0 saturated heterocycles. The molecule has 12 rings (SSSR count). The Balaban J connectivity index is 0.000000155. The maximum absolute atomic E-state index is 2.48. The van der Waals surface area contributed by atoms with Gasteiger partial charge in [0.2, 0.25) is 0 Å². The number of rotatable bonds is 4.